The van der Waals surface area contributed by atoms with E-state index in [9.17, 15) is 19.2 Å². The van der Waals surface area contributed by atoms with Gasteiger partial charge in [-0.2, -0.15) is 0 Å². The summed E-state index contributed by atoms with van der Waals surface area (Å²) in [5.41, 5.74) is 3.11. The molecule has 8 nitrogen and oxygen atoms in total. The van der Waals surface area contributed by atoms with Crippen LogP contribution in [0.4, 0.5) is 16.2 Å². The van der Waals surface area contributed by atoms with Gasteiger partial charge in [0.15, 0.2) is 0 Å². The van der Waals surface area contributed by atoms with Crippen LogP contribution in [0.25, 0.3) is 0 Å². The van der Waals surface area contributed by atoms with Gasteiger partial charge < -0.3 is 16.0 Å². The van der Waals surface area contributed by atoms with Crippen molar-refractivity contribution in [3.05, 3.63) is 59.2 Å². The Hall–Kier alpha value is -3.68. The number of carbonyl (C=O) groups excluding carboxylic acids is 4. The molecule has 0 radical (unpaired) electrons. The summed E-state index contributed by atoms with van der Waals surface area (Å²) in [6, 6.07) is 11.8. The van der Waals surface area contributed by atoms with Crippen molar-refractivity contribution in [2.75, 3.05) is 17.2 Å². The van der Waals surface area contributed by atoms with E-state index in [0.717, 1.165) is 29.7 Å². The predicted molar refractivity (Wildman–Crippen MR) is 115 cm³/mol. The van der Waals surface area contributed by atoms with Crippen LogP contribution in [-0.2, 0) is 32.8 Å². The third-order valence-corrected chi connectivity index (χ3v) is 5.74. The van der Waals surface area contributed by atoms with Crippen LogP contribution < -0.4 is 16.0 Å². The van der Waals surface area contributed by atoms with Crippen LogP contribution in [-0.4, -0.2) is 35.2 Å². The van der Waals surface area contributed by atoms with Crippen molar-refractivity contribution < 1.29 is 19.2 Å². The molecule has 8 heteroatoms. The molecule has 2 aromatic carbocycles. The first-order chi connectivity index (χ1) is 14.8. The van der Waals surface area contributed by atoms with Crippen molar-refractivity contribution in [1.82, 2.24) is 10.2 Å². The summed E-state index contributed by atoms with van der Waals surface area (Å²) in [5, 5.41) is 8.05. The van der Waals surface area contributed by atoms with Crippen molar-refractivity contribution in [1.29, 1.82) is 0 Å². The number of hydrogen-bond donors (Lipinski definition) is 3. The Morgan fingerprint density at radius 2 is 1.65 bits per heavy atom. The van der Waals surface area contributed by atoms with Gasteiger partial charge in [0, 0.05) is 18.3 Å². The zero-order valence-electron chi connectivity index (χ0n) is 17.5. The van der Waals surface area contributed by atoms with E-state index in [1.54, 1.807) is 31.2 Å². The molecule has 1 heterocycles. The molecule has 1 saturated heterocycles. The van der Waals surface area contributed by atoms with E-state index in [2.05, 4.69) is 16.0 Å². The Morgan fingerprint density at radius 3 is 2.32 bits per heavy atom. The Balaban J connectivity index is 1.44. The second-order valence-electron chi connectivity index (χ2n) is 8.09. The maximum atomic E-state index is 13.1. The molecule has 0 bridgehead atoms. The average molecular weight is 420 g/mol. The summed E-state index contributed by atoms with van der Waals surface area (Å²) in [5.74, 6) is -1.14. The maximum Gasteiger partial charge on any atom is 0.325 e. The highest BCUT2D eigenvalue weighted by Crippen LogP contribution is 2.32. The lowest BCUT2D eigenvalue weighted by atomic mass is 9.89. The minimum absolute atomic E-state index is 0.193. The molecule has 0 aromatic heterocycles. The van der Waals surface area contributed by atoms with E-state index in [0.29, 0.717) is 11.4 Å². The molecule has 1 fully saturated rings. The molecular weight excluding hydrogens is 396 g/mol. The molecule has 0 unspecified atom stereocenters. The fourth-order valence-corrected chi connectivity index (χ4v) is 4.10. The molecule has 160 valence electrons. The van der Waals surface area contributed by atoms with Gasteiger partial charge in [-0.25, -0.2) is 4.79 Å². The molecule has 5 amide bonds. The first-order valence-corrected chi connectivity index (χ1v) is 10.2. The molecular formula is C23H24N4O4. The van der Waals surface area contributed by atoms with Crippen LogP contribution in [0.15, 0.2) is 42.5 Å². The van der Waals surface area contributed by atoms with Gasteiger partial charge in [0.1, 0.15) is 12.1 Å². The lowest BCUT2D eigenvalue weighted by Crippen LogP contribution is -2.42. The maximum absolute atomic E-state index is 13.1. The Bertz CT molecular complexity index is 1080. The van der Waals surface area contributed by atoms with E-state index in [1.165, 1.54) is 18.1 Å². The lowest BCUT2D eigenvalue weighted by molar-refractivity contribution is -0.133. The lowest BCUT2D eigenvalue weighted by Gasteiger charge is -2.23. The molecule has 2 aromatic rings. The van der Waals surface area contributed by atoms with Gasteiger partial charge in [-0.05, 0) is 67.1 Å². The highest BCUT2D eigenvalue weighted by atomic mass is 16.2. The number of carbonyl (C=O) groups is 4. The summed E-state index contributed by atoms with van der Waals surface area (Å²) in [6.45, 7) is 2.69. The second-order valence-corrected chi connectivity index (χ2v) is 8.09. The van der Waals surface area contributed by atoms with Crippen molar-refractivity contribution in [2.45, 2.75) is 38.6 Å². The summed E-state index contributed by atoms with van der Waals surface area (Å²) in [6.07, 6.45) is 3.09. The van der Waals surface area contributed by atoms with Crippen molar-refractivity contribution in [3.8, 4) is 0 Å². The third-order valence-electron chi connectivity index (χ3n) is 5.74. The Kier molecular flexibility index (Phi) is 5.22. The van der Waals surface area contributed by atoms with E-state index >= 15 is 0 Å². The largest absolute Gasteiger partial charge is 0.326 e. The fraction of sp³-hybridized carbons (Fsp3) is 0.304. The molecule has 4 rings (SSSR count). The zero-order valence-corrected chi connectivity index (χ0v) is 17.5. The Morgan fingerprint density at radius 1 is 1.00 bits per heavy atom. The smallest absolute Gasteiger partial charge is 0.325 e. The number of rotatable bonds is 5. The van der Waals surface area contributed by atoms with Crippen LogP contribution in [0.5, 0.6) is 0 Å². The fourth-order valence-electron chi connectivity index (χ4n) is 4.10. The minimum atomic E-state index is -1.20. The number of nitrogens with zero attached hydrogens (tertiary/aromatic N) is 1. The molecule has 3 N–H and O–H groups in total. The van der Waals surface area contributed by atoms with Crippen LogP contribution in [0, 0.1) is 0 Å². The van der Waals surface area contributed by atoms with Gasteiger partial charge >= 0.3 is 6.03 Å². The van der Waals surface area contributed by atoms with E-state index in [1.807, 2.05) is 18.2 Å². The van der Waals surface area contributed by atoms with Crippen molar-refractivity contribution in [3.63, 3.8) is 0 Å². The van der Waals surface area contributed by atoms with Crippen LogP contribution in [0.1, 0.15) is 37.0 Å². The Labute approximate surface area is 180 Å². The first kappa shape index (κ1) is 20.6. The topological polar surface area (TPSA) is 108 Å². The van der Waals surface area contributed by atoms with Gasteiger partial charge in [-0.1, -0.05) is 18.2 Å². The molecule has 1 aliphatic carbocycles. The minimum Gasteiger partial charge on any atom is -0.326 e. The first-order valence-electron chi connectivity index (χ1n) is 10.2. The summed E-state index contributed by atoms with van der Waals surface area (Å²) >= 11 is 0. The average Bonchev–Trinajstić information content (AvgIpc) is 3.27. The third kappa shape index (κ3) is 4.01. The van der Waals surface area contributed by atoms with Crippen LogP contribution >= 0.6 is 0 Å². The predicted octanol–water partition coefficient (Wildman–Crippen LogP) is 2.54. The molecule has 1 aliphatic heterocycles. The summed E-state index contributed by atoms with van der Waals surface area (Å²) < 4.78 is 0. The quantitative estimate of drug-likeness (QED) is 0.646. The van der Waals surface area contributed by atoms with Crippen molar-refractivity contribution >= 4 is 35.1 Å². The van der Waals surface area contributed by atoms with Crippen LogP contribution in [0.2, 0.25) is 0 Å². The molecule has 1 atom stereocenters. The number of aryl methyl sites for hydroxylation is 2. The number of anilines is 2. The van der Waals surface area contributed by atoms with Crippen LogP contribution in [0.3, 0.4) is 0 Å². The number of fused-ring (bicyclic) bond motifs is 1. The van der Waals surface area contributed by atoms with Gasteiger partial charge in [0.25, 0.3) is 5.91 Å². The summed E-state index contributed by atoms with van der Waals surface area (Å²) in [7, 11) is 0. The number of imide groups is 1. The molecule has 2 aliphatic rings. The van der Waals surface area contributed by atoms with Gasteiger partial charge in [-0.3, -0.25) is 19.3 Å². The second kappa shape index (κ2) is 7.86. The van der Waals surface area contributed by atoms with E-state index in [4.69, 9.17) is 0 Å². The highest BCUT2D eigenvalue weighted by Gasteiger charge is 2.49. The monoisotopic (exact) mass is 420 g/mol. The number of amides is 5. The standard InChI is InChI=1S/C23H24N4O4/c1-14(28)24-18-8-10-19(11-9-18)25-20(29)13-27-21(30)23(2,26-22(27)31)17-7-6-15-4-3-5-16(15)12-17/h6-12H,3-5,13H2,1-2H3,(H,24,28)(H,25,29)(H,26,31)/t23-/m0/s1. The van der Waals surface area contributed by atoms with Crippen molar-refractivity contribution in [2.24, 2.45) is 0 Å². The van der Waals surface area contributed by atoms with Gasteiger partial charge in [0.2, 0.25) is 11.8 Å². The highest BCUT2D eigenvalue weighted by molar-refractivity contribution is 6.10. The molecule has 0 spiro atoms. The zero-order chi connectivity index (χ0) is 22.2. The summed E-state index contributed by atoms with van der Waals surface area (Å²) in [4.78, 5) is 50.1. The number of nitrogens with one attached hydrogen (secondary N) is 3. The van der Waals surface area contributed by atoms with E-state index < -0.39 is 29.9 Å². The molecule has 0 saturated carbocycles. The molecule has 31 heavy (non-hydrogen) atoms. The number of hydrogen-bond acceptors (Lipinski definition) is 4. The van der Waals surface area contributed by atoms with E-state index in [-0.39, 0.29) is 5.91 Å². The van der Waals surface area contributed by atoms with Gasteiger partial charge in [-0.15, -0.1) is 0 Å². The van der Waals surface area contributed by atoms with Gasteiger partial charge in [0.05, 0.1) is 0 Å². The number of urea groups is 1. The number of benzene rings is 2. The normalized spacial score (nSPS) is 19.7. The SMILES string of the molecule is CC(=O)Nc1ccc(NC(=O)CN2C(=O)N[C@@](C)(c3ccc4c(c3)CCC4)C2=O)cc1.